The van der Waals surface area contributed by atoms with Gasteiger partial charge in [0.25, 0.3) is 0 Å². The van der Waals surface area contributed by atoms with Gasteiger partial charge in [-0.05, 0) is 39.7 Å². The second-order valence-electron chi connectivity index (χ2n) is 11.8. The van der Waals surface area contributed by atoms with E-state index < -0.39 is 7.92 Å². The molecule has 0 fully saturated rings. The van der Waals surface area contributed by atoms with Crippen LogP contribution in [0.2, 0.25) is 0 Å². The van der Waals surface area contributed by atoms with E-state index >= 15 is 0 Å². The topological polar surface area (TPSA) is 25.8 Å². The van der Waals surface area contributed by atoms with E-state index in [1.165, 1.54) is 37.6 Å². The third-order valence-corrected chi connectivity index (χ3v) is 12.1. The fraction of sp³-hybridized carbons (Fsp3) is 0.235. The highest BCUT2D eigenvalue weighted by Gasteiger charge is 2.29. The average Bonchev–Trinajstić information content (AvgIpc) is 2.94. The van der Waals surface area contributed by atoms with Crippen molar-refractivity contribution in [2.45, 2.75) is 52.4 Å². The van der Waals surface area contributed by atoms with Gasteiger partial charge in [0.05, 0.1) is 11.4 Å². The van der Waals surface area contributed by atoms with Crippen LogP contribution in [-0.2, 0) is 10.8 Å². The lowest BCUT2D eigenvalue weighted by molar-refractivity contribution is 0.574. The Bertz CT molecular complexity index is 1450. The zero-order valence-electron chi connectivity index (χ0n) is 23.6. The smallest absolute Gasteiger partial charge is 0.0513 e. The molecule has 196 valence electrons. The van der Waals surface area contributed by atoms with Crippen LogP contribution in [0, 0.1) is 0 Å². The van der Waals surface area contributed by atoms with Crippen molar-refractivity contribution < 1.29 is 0 Å². The van der Waals surface area contributed by atoms with Crippen LogP contribution in [0.3, 0.4) is 0 Å². The van der Waals surface area contributed by atoms with Crippen molar-refractivity contribution in [3.63, 3.8) is 0 Å². The molecule has 0 aliphatic heterocycles. The van der Waals surface area contributed by atoms with E-state index in [-0.39, 0.29) is 10.8 Å². The van der Waals surface area contributed by atoms with Crippen LogP contribution in [0.1, 0.15) is 52.9 Å². The fourth-order valence-electron chi connectivity index (χ4n) is 4.42. The number of nitrogens with zero attached hydrogens (tertiary/aromatic N) is 2. The summed E-state index contributed by atoms with van der Waals surface area (Å²) in [6.45, 7) is 13.5. The van der Waals surface area contributed by atoms with Crippen LogP contribution in [-0.4, -0.2) is 9.49 Å². The van der Waals surface area contributed by atoms with Crippen molar-refractivity contribution in [1.29, 1.82) is 0 Å². The molecule has 0 aliphatic rings. The largest absolute Gasteiger partial charge is 0.231 e. The predicted molar refractivity (Wildman–Crippen MR) is 174 cm³/mol. The van der Waals surface area contributed by atoms with Crippen LogP contribution in [0.15, 0.2) is 103 Å². The summed E-state index contributed by atoms with van der Waals surface area (Å²) in [5.74, 6) is 0. The first-order valence-electron chi connectivity index (χ1n) is 13.4. The summed E-state index contributed by atoms with van der Waals surface area (Å²) >= 11 is 0. The minimum Gasteiger partial charge on any atom is -0.231 e. The quantitative estimate of drug-likeness (QED) is 0.199. The molecule has 5 rings (SSSR count). The maximum atomic E-state index is 5.17. The zero-order chi connectivity index (χ0) is 27.6. The first kappa shape index (κ1) is 27.8. The van der Waals surface area contributed by atoms with Gasteiger partial charge < -0.3 is 0 Å². The van der Waals surface area contributed by atoms with E-state index in [1.807, 2.05) is 0 Å². The molecule has 2 aromatic heterocycles. The van der Waals surface area contributed by atoms with Gasteiger partial charge in [-0.2, -0.15) is 0 Å². The van der Waals surface area contributed by atoms with Gasteiger partial charge in [0.2, 0.25) is 0 Å². The van der Waals surface area contributed by atoms with E-state index in [4.69, 9.17) is 9.49 Å². The number of benzene rings is 3. The molecule has 5 aromatic rings. The molecular formula is C34H35N2P3. The fourth-order valence-corrected chi connectivity index (χ4v) is 10.7. The minimum absolute atomic E-state index is 0.0225. The molecule has 0 spiro atoms. The van der Waals surface area contributed by atoms with Crippen LogP contribution in [0.25, 0.3) is 22.3 Å². The Morgan fingerprint density at radius 2 is 0.872 bits per heavy atom. The molecular weight excluding hydrogens is 529 g/mol. The molecule has 0 saturated heterocycles. The summed E-state index contributed by atoms with van der Waals surface area (Å²) in [6.07, 6.45) is 0. The molecule has 0 bridgehead atoms. The summed E-state index contributed by atoms with van der Waals surface area (Å²) in [6, 6.07) is 37.4. The Hall–Kier alpha value is -2.75. The number of rotatable bonds is 5. The molecule has 3 aromatic carbocycles. The van der Waals surface area contributed by atoms with E-state index in [2.05, 4.69) is 145 Å². The van der Waals surface area contributed by atoms with Crippen LogP contribution in [0.4, 0.5) is 0 Å². The van der Waals surface area contributed by atoms with E-state index in [0.717, 1.165) is 28.1 Å². The standard InChI is InChI=1S/C34H35N2P3/c1-33(2,3)29-22-27(24-16-10-7-11-17-24)31(37-35-29)39(26-20-14-9-15-21-26)32-28(25-18-12-8-13-19-25)23-30(36-38-32)34(4,5)6/h7-23H,1-6H3. The summed E-state index contributed by atoms with van der Waals surface area (Å²) < 4.78 is 10.3. The highest BCUT2D eigenvalue weighted by Crippen LogP contribution is 2.45. The molecule has 0 atom stereocenters. The van der Waals surface area contributed by atoms with Crippen molar-refractivity contribution in [3.05, 3.63) is 115 Å². The predicted octanol–water partition coefficient (Wildman–Crippen LogP) is 9.32. The normalized spacial score (nSPS) is 13.2. The second-order valence-corrected chi connectivity index (χ2v) is 16.3. The highest BCUT2D eigenvalue weighted by atomic mass is 31.2. The average molecular weight is 565 g/mol. The molecule has 0 radical (unpaired) electrons. The van der Waals surface area contributed by atoms with Crippen molar-refractivity contribution in [2.24, 2.45) is 0 Å². The van der Waals surface area contributed by atoms with Crippen molar-refractivity contribution in [1.82, 2.24) is 9.49 Å². The molecule has 2 nitrogen and oxygen atoms in total. The Labute approximate surface area is 238 Å². The van der Waals surface area contributed by atoms with Gasteiger partial charge in [-0.1, -0.05) is 133 Å². The van der Waals surface area contributed by atoms with Crippen molar-refractivity contribution >= 4 is 40.0 Å². The molecule has 0 saturated carbocycles. The maximum absolute atomic E-state index is 5.17. The molecule has 0 aliphatic carbocycles. The van der Waals surface area contributed by atoms with E-state index in [9.17, 15) is 0 Å². The van der Waals surface area contributed by atoms with Crippen LogP contribution in [0.5, 0.6) is 0 Å². The number of hydrogen-bond donors (Lipinski definition) is 0. The van der Waals surface area contributed by atoms with Gasteiger partial charge >= 0.3 is 0 Å². The Kier molecular flexibility index (Phi) is 8.12. The number of hydrogen-bond acceptors (Lipinski definition) is 2. The summed E-state index contributed by atoms with van der Waals surface area (Å²) in [4.78, 5) is 0. The van der Waals surface area contributed by atoms with Gasteiger partial charge in [-0.15, -0.1) is 0 Å². The Balaban J connectivity index is 1.84. The van der Waals surface area contributed by atoms with Crippen LogP contribution < -0.4 is 15.4 Å². The molecule has 0 amide bonds. The Morgan fingerprint density at radius 1 is 0.513 bits per heavy atom. The molecule has 0 unspecified atom stereocenters. The Morgan fingerprint density at radius 3 is 1.23 bits per heavy atom. The van der Waals surface area contributed by atoms with E-state index in [0.29, 0.717) is 0 Å². The zero-order valence-corrected chi connectivity index (χ0v) is 26.2. The highest BCUT2D eigenvalue weighted by molar-refractivity contribution is 7.90. The van der Waals surface area contributed by atoms with Gasteiger partial charge in [-0.25, -0.2) is 9.49 Å². The maximum Gasteiger partial charge on any atom is 0.0513 e. The van der Waals surface area contributed by atoms with Crippen molar-refractivity contribution in [2.75, 3.05) is 0 Å². The minimum atomic E-state index is -0.870. The monoisotopic (exact) mass is 564 g/mol. The van der Waals surface area contributed by atoms with Gasteiger partial charge in [0.15, 0.2) is 0 Å². The van der Waals surface area contributed by atoms with E-state index in [1.54, 1.807) is 0 Å². The van der Waals surface area contributed by atoms with Crippen molar-refractivity contribution in [3.8, 4) is 22.3 Å². The SMILES string of the molecule is CC(C)(C)c1cc(-c2ccccc2)c(P(c2ccccc2)c2pnc(C(C)(C)C)cc2-c2ccccc2)pn1. The lowest BCUT2D eigenvalue weighted by Crippen LogP contribution is -2.23. The summed E-state index contributed by atoms with van der Waals surface area (Å²) in [7, 11) is 1.17. The summed E-state index contributed by atoms with van der Waals surface area (Å²) in [5, 5.41) is 4.08. The first-order valence-corrected chi connectivity index (χ1v) is 16.4. The van der Waals surface area contributed by atoms with Gasteiger partial charge in [0.1, 0.15) is 0 Å². The summed E-state index contributed by atoms with van der Waals surface area (Å²) in [5.41, 5.74) is 7.34. The molecule has 39 heavy (non-hydrogen) atoms. The lowest BCUT2D eigenvalue weighted by atomic mass is 9.91. The third kappa shape index (κ3) is 6.21. The van der Waals surface area contributed by atoms with Gasteiger partial charge in [-0.3, -0.25) is 0 Å². The molecule has 5 heteroatoms. The van der Waals surface area contributed by atoms with Gasteiger partial charge in [0, 0.05) is 45.5 Å². The lowest BCUT2D eigenvalue weighted by Gasteiger charge is -2.27. The number of aromatic nitrogens is 2. The molecule has 2 heterocycles. The molecule has 0 N–H and O–H groups in total. The first-order chi connectivity index (χ1) is 18.6. The second kappa shape index (κ2) is 11.4. The van der Waals surface area contributed by atoms with Crippen LogP contribution >= 0.6 is 24.6 Å². The third-order valence-electron chi connectivity index (χ3n) is 6.69.